The van der Waals surface area contributed by atoms with Crippen LogP contribution >= 0.6 is 0 Å². The van der Waals surface area contributed by atoms with Gasteiger partial charge in [0.05, 0.1) is 0 Å². The Morgan fingerprint density at radius 1 is 1.50 bits per heavy atom. The zero-order chi connectivity index (χ0) is 13.5. The summed E-state index contributed by atoms with van der Waals surface area (Å²) >= 11 is 0. The summed E-state index contributed by atoms with van der Waals surface area (Å²) in [6.45, 7) is 5.27. The smallest absolute Gasteiger partial charge is 0.170 e. The van der Waals surface area contributed by atoms with Crippen LogP contribution in [0.5, 0.6) is 0 Å². The van der Waals surface area contributed by atoms with Gasteiger partial charge in [-0.3, -0.25) is 0 Å². The molecule has 5 heteroatoms. The number of nitrogens with two attached hydrogens (primary N) is 1. The van der Waals surface area contributed by atoms with E-state index in [1.54, 1.807) is 6.07 Å². The van der Waals surface area contributed by atoms with Gasteiger partial charge in [-0.15, -0.1) is 0 Å². The summed E-state index contributed by atoms with van der Waals surface area (Å²) < 4.78 is 13.1. The van der Waals surface area contributed by atoms with Gasteiger partial charge >= 0.3 is 0 Å². The van der Waals surface area contributed by atoms with Crippen molar-refractivity contribution in [2.75, 3.05) is 6.54 Å². The molecular weight excluding hydrogens is 233 g/mol. The molecule has 4 nitrogen and oxygen atoms in total. The van der Waals surface area contributed by atoms with Gasteiger partial charge in [0.25, 0.3) is 0 Å². The van der Waals surface area contributed by atoms with Gasteiger partial charge in [-0.1, -0.05) is 22.9 Å². The fourth-order valence-electron chi connectivity index (χ4n) is 1.48. The Labute approximate surface area is 106 Å². The van der Waals surface area contributed by atoms with E-state index in [1.807, 2.05) is 19.9 Å². The van der Waals surface area contributed by atoms with Gasteiger partial charge in [0, 0.05) is 18.7 Å². The first kappa shape index (κ1) is 14.2. The topological polar surface area (TPSA) is 70.6 Å². The molecule has 0 amide bonds. The Balaban J connectivity index is 2.79. The Morgan fingerprint density at radius 2 is 2.22 bits per heavy atom. The quantitative estimate of drug-likeness (QED) is 0.187. The van der Waals surface area contributed by atoms with E-state index in [1.165, 1.54) is 17.7 Å². The molecule has 0 fully saturated rings. The van der Waals surface area contributed by atoms with Crippen LogP contribution in [0.15, 0.2) is 35.0 Å². The summed E-state index contributed by atoms with van der Waals surface area (Å²) in [7, 11) is 0. The van der Waals surface area contributed by atoms with Gasteiger partial charge < -0.3 is 16.3 Å². The molecule has 1 aromatic rings. The van der Waals surface area contributed by atoms with E-state index in [4.69, 9.17) is 10.9 Å². The van der Waals surface area contributed by atoms with Gasteiger partial charge in [0.1, 0.15) is 5.82 Å². The van der Waals surface area contributed by atoms with Crippen LogP contribution in [0.1, 0.15) is 25.0 Å². The molecule has 0 saturated carbocycles. The standard InChI is InChI=1S/C13H18FN3O/c1-9(2)5-6-16-8-10-3-4-11(14)7-12(10)13(15)17-18/h3-5,7,16,18H,6,8H2,1-2H3,(H2,15,17). The van der Waals surface area contributed by atoms with Gasteiger partial charge in [0.2, 0.25) is 0 Å². The molecule has 0 radical (unpaired) electrons. The van der Waals surface area contributed by atoms with Crippen LogP contribution in [-0.2, 0) is 6.54 Å². The molecule has 0 aliphatic heterocycles. The van der Waals surface area contributed by atoms with E-state index in [-0.39, 0.29) is 5.84 Å². The van der Waals surface area contributed by atoms with Crippen molar-refractivity contribution in [1.82, 2.24) is 5.32 Å². The largest absolute Gasteiger partial charge is 0.409 e. The molecule has 4 N–H and O–H groups in total. The minimum atomic E-state index is -0.412. The van der Waals surface area contributed by atoms with Gasteiger partial charge in [-0.25, -0.2) is 4.39 Å². The Morgan fingerprint density at radius 3 is 2.83 bits per heavy atom. The number of oxime groups is 1. The molecule has 0 atom stereocenters. The number of rotatable bonds is 5. The molecule has 0 aromatic heterocycles. The average molecular weight is 251 g/mol. The molecule has 0 aliphatic carbocycles. The minimum absolute atomic E-state index is 0.0893. The van der Waals surface area contributed by atoms with E-state index < -0.39 is 5.82 Å². The third kappa shape index (κ3) is 4.18. The monoisotopic (exact) mass is 251 g/mol. The van der Waals surface area contributed by atoms with Crippen LogP contribution in [0.4, 0.5) is 4.39 Å². The molecule has 0 bridgehead atoms. The summed E-state index contributed by atoms with van der Waals surface area (Å²) in [4.78, 5) is 0. The van der Waals surface area contributed by atoms with Crippen molar-refractivity contribution >= 4 is 5.84 Å². The van der Waals surface area contributed by atoms with E-state index in [0.717, 1.165) is 12.1 Å². The molecule has 18 heavy (non-hydrogen) atoms. The molecule has 0 aliphatic rings. The molecule has 0 saturated heterocycles. The second-order valence-electron chi connectivity index (χ2n) is 4.20. The van der Waals surface area contributed by atoms with E-state index in [2.05, 4.69) is 10.5 Å². The third-order valence-electron chi connectivity index (χ3n) is 2.43. The Hall–Kier alpha value is -1.88. The van der Waals surface area contributed by atoms with Crippen molar-refractivity contribution < 1.29 is 9.60 Å². The second-order valence-corrected chi connectivity index (χ2v) is 4.20. The fourth-order valence-corrected chi connectivity index (χ4v) is 1.48. The van der Waals surface area contributed by atoms with Gasteiger partial charge in [0.15, 0.2) is 5.84 Å². The highest BCUT2D eigenvalue weighted by molar-refractivity contribution is 5.98. The maximum atomic E-state index is 13.1. The predicted octanol–water partition coefficient (Wildman–Crippen LogP) is 1.98. The first-order valence-corrected chi connectivity index (χ1v) is 5.65. The molecule has 98 valence electrons. The van der Waals surface area contributed by atoms with Crippen LogP contribution in [0, 0.1) is 5.82 Å². The highest BCUT2D eigenvalue weighted by Crippen LogP contribution is 2.11. The second kappa shape index (κ2) is 6.76. The highest BCUT2D eigenvalue weighted by Gasteiger charge is 2.08. The van der Waals surface area contributed by atoms with Crippen molar-refractivity contribution in [3.63, 3.8) is 0 Å². The molecule has 0 spiro atoms. The van der Waals surface area contributed by atoms with Crippen molar-refractivity contribution in [3.05, 3.63) is 46.8 Å². The fraction of sp³-hybridized carbons (Fsp3) is 0.308. The maximum absolute atomic E-state index is 13.1. The summed E-state index contributed by atoms with van der Waals surface area (Å²) in [6.07, 6.45) is 2.05. The summed E-state index contributed by atoms with van der Waals surface area (Å²) in [5.41, 5.74) is 7.92. The first-order chi connectivity index (χ1) is 8.54. The van der Waals surface area contributed by atoms with Crippen LogP contribution in [0.2, 0.25) is 0 Å². The van der Waals surface area contributed by atoms with Crippen LogP contribution < -0.4 is 11.1 Å². The zero-order valence-corrected chi connectivity index (χ0v) is 10.6. The Kier molecular flexibility index (Phi) is 5.32. The van der Waals surface area contributed by atoms with Crippen LogP contribution in [-0.4, -0.2) is 17.6 Å². The number of nitrogens with one attached hydrogen (secondary N) is 1. The van der Waals surface area contributed by atoms with E-state index in [0.29, 0.717) is 12.1 Å². The van der Waals surface area contributed by atoms with Gasteiger partial charge in [-0.2, -0.15) is 0 Å². The van der Waals surface area contributed by atoms with Crippen molar-refractivity contribution in [2.24, 2.45) is 10.9 Å². The molecule has 0 heterocycles. The molecule has 0 unspecified atom stereocenters. The minimum Gasteiger partial charge on any atom is -0.409 e. The normalized spacial score (nSPS) is 11.4. The third-order valence-corrected chi connectivity index (χ3v) is 2.43. The number of halogens is 1. The lowest BCUT2D eigenvalue weighted by atomic mass is 10.1. The average Bonchev–Trinajstić information content (AvgIpc) is 2.34. The first-order valence-electron chi connectivity index (χ1n) is 5.65. The maximum Gasteiger partial charge on any atom is 0.170 e. The van der Waals surface area contributed by atoms with Crippen molar-refractivity contribution in [2.45, 2.75) is 20.4 Å². The summed E-state index contributed by atoms with van der Waals surface area (Å²) in [5, 5.41) is 14.7. The molecule has 1 aromatic carbocycles. The van der Waals surface area contributed by atoms with E-state index in [9.17, 15) is 4.39 Å². The summed E-state index contributed by atoms with van der Waals surface area (Å²) in [5.74, 6) is -0.502. The number of hydrogen-bond donors (Lipinski definition) is 3. The van der Waals surface area contributed by atoms with Gasteiger partial charge in [-0.05, 0) is 31.5 Å². The van der Waals surface area contributed by atoms with Crippen molar-refractivity contribution in [3.8, 4) is 0 Å². The number of allylic oxidation sites excluding steroid dienone is 1. The van der Waals surface area contributed by atoms with E-state index >= 15 is 0 Å². The molecular formula is C13H18FN3O. The number of nitrogens with zero attached hydrogens (tertiary/aromatic N) is 1. The number of hydrogen-bond acceptors (Lipinski definition) is 3. The Bertz CT molecular complexity index is 465. The number of benzene rings is 1. The SMILES string of the molecule is CC(C)=CCNCc1ccc(F)cc1/C(N)=N/O. The highest BCUT2D eigenvalue weighted by atomic mass is 19.1. The van der Waals surface area contributed by atoms with Crippen LogP contribution in [0.3, 0.4) is 0 Å². The molecule has 1 rings (SSSR count). The summed E-state index contributed by atoms with van der Waals surface area (Å²) in [6, 6.07) is 4.23. The van der Waals surface area contributed by atoms with Crippen molar-refractivity contribution in [1.29, 1.82) is 0 Å². The van der Waals surface area contributed by atoms with Crippen LogP contribution in [0.25, 0.3) is 0 Å². The lowest BCUT2D eigenvalue weighted by Gasteiger charge is -2.09. The predicted molar refractivity (Wildman–Crippen MR) is 70.0 cm³/mol. The zero-order valence-electron chi connectivity index (χ0n) is 10.6. The lowest BCUT2D eigenvalue weighted by molar-refractivity contribution is 0.318. The lowest BCUT2D eigenvalue weighted by Crippen LogP contribution is -2.20. The number of amidine groups is 1.